The van der Waals surface area contributed by atoms with Crippen LogP contribution >= 0.6 is 0 Å². The van der Waals surface area contributed by atoms with E-state index in [9.17, 15) is 4.79 Å². The Morgan fingerprint density at radius 2 is 1.73 bits per heavy atom. The van der Waals surface area contributed by atoms with Crippen LogP contribution in [0.5, 0.6) is 0 Å². The van der Waals surface area contributed by atoms with Gasteiger partial charge in [-0.2, -0.15) is 0 Å². The molecule has 0 saturated heterocycles. The zero-order valence-corrected chi connectivity index (χ0v) is 12.9. The summed E-state index contributed by atoms with van der Waals surface area (Å²) < 4.78 is 5.19. The molecule has 1 N–H and O–H groups in total. The van der Waals surface area contributed by atoms with Crippen LogP contribution in [0.4, 0.5) is 4.79 Å². The highest BCUT2D eigenvalue weighted by atomic mass is 16.7. The number of rotatable bonds is 7. The summed E-state index contributed by atoms with van der Waals surface area (Å²) in [6, 6.07) is 17.4. The molecule has 2 aromatic rings. The molecule has 0 saturated carbocycles. The van der Waals surface area contributed by atoms with Gasteiger partial charge in [-0.3, -0.25) is 0 Å². The molecule has 0 aromatic heterocycles. The van der Waals surface area contributed by atoms with Gasteiger partial charge in [0.15, 0.2) is 6.10 Å². The zero-order chi connectivity index (χ0) is 15.8. The van der Waals surface area contributed by atoms with Crippen molar-refractivity contribution in [3.63, 3.8) is 0 Å². The van der Waals surface area contributed by atoms with E-state index in [1.54, 1.807) is 0 Å². The average molecular weight is 298 g/mol. The number of unbranched alkanes of at least 4 members (excludes halogenated alkanes) is 2. The predicted molar refractivity (Wildman–Crippen MR) is 87.1 cm³/mol. The van der Waals surface area contributed by atoms with Crippen molar-refractivity contribution in [3.05, 3.63) is 71.3 Å². The Hall–Kier alpha value is -2.29. The molecule has 0 bridgehead atoms. The largest absolute Gasteiger partial charge is 0.506 e. The third-order valence-electron chi connectivity index (χ3n) is 3.71. The summed E-state index contributed by atoms with van der Waals surface area (Å²) in [6.07, 6.45) is 2.55. The molecule has 2 aromatic carbocycles. The molecular weight excluding hydrogens is 276 g/mol. The topological polar surface area (TPSA) is 46.5 Å². The van der Waals surface area contributed by atoms with E-state index in [-0.39, 0.29) is 0 Å². The Balaban J connectivity index is 2.33. The molecule has 0 spiro atoms. The van der Waals surface area contributed by atoms with Gasteiger partial charge in [-0.25, -0.2) is 4.79 Å². The highest BCUT2D eigenvalue weighted by Crippen LogP contribution is 2.29. The minimum absolute atomic E-state index is 0.573. The molecular formula is C19H22O3. The van der Waals surface area contributed by atoms with E-state index in [2.05, 4.69) is 13.0 Å². The van der Waals surface area contributed by atoms with Crippen LogP contribution in [-0.4, -0.2) is 11.3 Å². The van der Waals surface area contributed by atoms with Gasteiger partial charge in [-0.05, 0) is 24.0 Å². The summed E-state index contributed by atoms with van der Waals surface area (Å²) in [4.78, 5) is 11.1. The quantitative estimate of drug-likeness (QED) is 0.564. The minimum atomic E-state index is -1.25. The molecule has 0 amide bonds. The first kappa shape index (κ1) is 16.1. The fourth-order valence-corrected chi connectivity index (χ4v) is 2.62. The van der Waals surface area contributed by atoms with Crippen molar-refractivity contribution in [2.24, 2.45) is 0 Å². The Morgan fingerprint density at radius 3 is 2.41 bits per heavy atom. The van der Waals surface area contributed by atoms with Crippen molar-refractivity contribution >= 4 is 6.16 Å². The number of aryl methyl sites for hydroxylation is 1. The first-order valence-corrected chi connectivity index (χ1v) is 7.74. The molecule has 0 fully saturated rings. The van der Waals surface area contributed by atoms with Gasteiger partial charge in [0.2, 0.25) is 0 Å². The molecule has 1 atom stereocenters. The van der Waals surface area contributed by atoms with E-state index in [0.717, 1.165) is 36.0 Å². The summed E-state index contributed by atoms with van der Waals surface area (Å²) in [5.74, 6) is 0. The number of carbonyl (C=O) groups is 1. The van der Waals surface area contributed by atoms with Crippen molar-refractivity contribution in [1.82, 2.24) is 0 Å². The minimum Gasteiger partial charge on any atom is -0.450 e. The Bertz CT molecular complexity index is 593. The Labute approximate surface area is 131 Å². The van der Waals surface area contributed by atoms with Gasteiger partial charge in [0.1, 0.15) is 0 Å². The van der Waals surface area contributed by atoms with Gasteiger partial charge in [0.25, 0.3) is 0 Å². The summed E-state index contributed by atoms with van der Waals surface area (Å²) in [6.45, 7) is 2.17. The summed E-state index contributed by atoms with van der Waals surface area (Å²) in [7, 11) is 0. The van der Waals surface area contributed by atoms with Crippen molar-refractivity contribution in [1.29, 1.82) is 0 Å². The third kappa shape index (κ3) is 4.35. The van der Waals surface area contributed by atoms with Gasteiger partial charge in [-0.15, -0.1) is 0 Å². The first-order chi connectivity index (χ1) is 10.7. The van der Waals surface area contributed by atoms with Crippen molar-refractivity contribution in [2.45, 2.75) is 38.7 Å². The van der Waals surface area contributed by atoms with E-state index in [1.807, 2.05) is 48.5 Å². The maximum absolute atomic E-state index is 11.1. The molecule has 2 rings (SSSR count). The van der Waals surface area contributed by atoms with E-state index >= 15 is 0 Å². The normalized spacial score (nSPS) is 11.9. The number of benzene rings is 2. The van der Waals surface area contributed by atoms with Crippen LogP contribution in [0.25, 0.3) is 0 Å². The maximum Gasteiger partial charge on any atom is 0.506 e. The Kier molecular flexibility index (Phi) is 6.01. The Morgan fingerprint density at radius 1 is 1.05 bits per heavy atom. The zero-order valence-electron chi connectivity index (χ0n) is 12.9. The lowest BCUT2D eigenvalue weighted by Gasteiger charge is -2.20. The maximum atomic E-state index is 11.1. The fraction of sp³-hybridized carbons (Fsp3) is 0.316. The lowest BCUT2D eigenvalue weighted by molar-refractivity contribution is 0.0660. The number of ether oxygens (including phenoxy) is 1. The molecule has 0 heterocycles. The lowest BCUT2D eigenvalue weighted by atomic mass is 9.94. The smallest absolute Gasteiger partial charge is 0.450 e. The molecule has 0 aliphatic heterocycles. The van der Waals surface area contributed by atoms with Crippen LogP contribution in [0.1, 0.15) is 49.0 Å². The van der Waals surface area contributed by atoms with Crippen molar-refractivity contribution in [3.8, 4) is 0 Å². The molecule has 1 unspecified atom stereocenters. The van der Waals surface area contributed by atoms with Gasteiger partial charge < -0.3 is 9.84 Å². The van der Waals surface area contributed by atoms with Crippen molar-refractivity contribution in [2.75, 3.05) is 0 Å². The highest BCUT2D eigenvalue weighted by Gasteiger charge is 2.21. The molecule has 3 nitrogen and oxygen atoms in total. The van der Waals surface area contributed by atoms with Crippen molar-refractivity contribution < 1.29 is 14.6 Å². The standard InChI is InChI=1S/C19H22O3/c1-2-3-5-10-15-11-8-9-14-17(15)18(22-19(20)21)16-12-6-4-7-13-16/h4,6-9,11-14,18H,2-3,5,10H2,1H3,(H,20,21). The van der Waals surface area contributed by atoms with Gasteiger partial charge in [-0.1, -0.05) is 74.4 Å². The lowest BCUT2D eigenvalue weighted by Crippen LogP contribution is -2.12. The van der Waals surface area contributed by atoms with Gasteiger partial charge in [0, 0.05) is 5.56 Å². The monoisotopic (exact) mass is 298 g/mol. The van der Waals surface area contributed by atoms with Crippen LogP contribution in [0.2, 0.25) is 0 Å². The summed E-state index contributed by atoms with van der Waals surface area (Å²) in [5, 5.41) is 9.09. The van der Waals surface area contributed by atoms with Crippen LogP contribution in [0.3, 0.4) is 0 Å². The predicted octanol–water partition coefficient (Wildman–Crippen LogP) is 5.20. The molecule has 0 aliphatic rings. The molecule has 0 aliphatic carbocycles. The second-order valence-electron chi connectivity index (χ2n) is 5.33. The van der Waals surface area contributed by atoms with E-state index in [4.69, 9.17) is 9.84 Å². The fourth-order valence-electron chi connectivity index (χ4n) is 2.62. The van der Waals surface area contributed by atoms with Gasteiger partial charge >= 0.3 is 6.16 Å². The number of hydrogen-bond acceptors (Lipinski definition) is 2. The van der Waals surface area contributed by atoms with E-state index < -0.39 is 12.3 Å². The summed E-state index contributed by atoms with van der Waals surface area (Å²) in [5.41, 5.74) is 2.95. The molecule has 22 heavy (non-hydrogen) atoms. The highest BCUT2D eigenvalue weighted by molar-refractivity contribution is 5.58. The van der Waals surface area contributed by atoms with Crippen LogP contribution < -0.4 is 0 Å². The van der Waals surface area contributed by atoms with E-state index in [1.165, 1.54) is 6.42 Å². The second kappa shape index (κ2) is 8.23. The average Bonchev–Trinajstić information content (AvgIpc) is 2.54. The van der Waals surface area contributed by atoms with E-state index in [0.29, 0.717) is 0 Å². The number of hydrogen-bond donors (Lipinski definition) is 1. The van der Waals surface area contributed by atoms with Gasteiger partial charge in [0.05, 0.1) is 0 Å². The van der Waals surface area contributed by atoms with Crippen LogP contribution in [0.15, 0.2) is 54.6 Å². The first-order valence-electron chi connectivity index (χ1n) is 7.74. The second-order valence-corrected chi connectivity index (χ2v) is 5.33. The van der Waals surface area contributed by atoms with Crippen LogP contribution in [0, 0.1) is 0 Å². The SMILES string of the molecule is CCCCCc1ccccc1C(OC(=O)O)c1ccccc1. The number of carboxylic acid groups (broad SMARTS) is 1. The van der Waals surface area contributed by atoms with Crippen LogP contribution in [-0.2, 0) is 11.2 Å². The summed E-state index contributed by atoms with van der Waals surface area (Å²) >= 11 is 0. The third-order valence-corrected chi connectivity index (χ3v) is 3.71. The molecule has 0 radical (unpaired) electrons. The molecule has 116 valence electrons. The molecule has 3 heteroatoms.